The van der Waals surface area contributed by atoms with Crippen molar-refractivity contribution >= 4 is 0 Å². The molecule has 3 atom stereocenters. The van der Waals surface area contributed by atoms with E-state index < -0.39 is 5.92 Å². The highest BCUT2D eigenvalue weighted by molar-refractivity contribution is 4.84. The Morgan fingerprint density at radius 1 is 1.33 bits per heavy atom. The molecule has 0 radical (unpaired) electrons. The Labute approximate surface area is 109 Å². The summed E-state index contributed by atoms with van der Waals surface area (Å²) in [6, 6.07) is 0. The van der Waals surface area contributed by atoms with Crippen molar-refractivity contribution in [3.8, 4) is 0 Å². The largest absolute Gasteiger partial charge is 0.330 e. The third-order valence-corrected chi connectivity index (χ3v) is 4.76. The van der Waals surface area contributed by atoms with Crippen LogP contribution in [0.4, 0.5) is 8.78 Å². The monoisotopic (exact) mass is 260 g/mol. The van der Waals surface area contributed by atoms with Crippen molar-refractivity contribution in [1.29, 1.82) is 0 Å². The van der Waals surface area contributed by atoms with Crippen LogP contribution in [0.3, 0.4) is 0 Å². The van der Waals surface area contributed by atoms with E-state index in [0.717, 1.165) is 39.0 Å². The van der Waals surface area contributed by atoms with E-state index in [0.29, 0.717) is 18.3 Å². The molecule has 3 unspecified atom stereocenters. The lowest BCUT2D eigenvalue weighted by molar-refractivity contribution is -0.0589. The Morgan fingerprint density at radius 3 is 2.78 bits per heavy atom. The smallest absolute Gasteiger partial charge is 0.248 e. The number of alkyl halides is 2. The second-order valence-electron chi connectivity index (χ2n) is 6.34. The summed E-state index contributed by atoms with van der Waals surface area (Å²) < 4.78 is 26.8. The molecule has 4 heteroatoms. The van der Waals surface area contributed by atoms with E-state index in [-0.39, 0.29) is 18.8 Å². The molecule has 0 aromatic heterocycles. The van der Waals surface area contributed by atoms with Crippen molar-refractivity contribution < 1.29 is 8.78 Å². The van der Waals surface area contributed by atoms with Gasteiger partial charge in [0.15, 0.2) is 0 Å². The lowest BCUT2D eigenvalue weighted by Crippen LogP contribution is -2.45. The fraction of sp³-hybridized carbons (Fsp3) is 1.00. The number of hydrogen-bond donors (Lipinski definition) is 1. The van der Waals surface area contributed by atoms with Crippen LogP contribution < -0.4 is 5.73 Å². The predicted molar refractivity (Wildman–Crippen MR) is 69.7 cm³/mol. The molecule has 1 heterocycles. The number of halogens is 2. The first-order valence-electron chi connectivity index (χ1n) is 7.30. The highest BCUT2D eigenvalue weighted by atomic mass is 19.3. The van der Waals surface area contributed by atoms with Crippen LogP contribution in [0.1, 0.15) is 39.0 Å². The van der Waals surface area contributed by atoms with E-state index >= 15 is 0 Å². The molecule has 0 spiro atoms. The van der Waals surface area contributed by atoms with Gasteiger partial charge in [0.1, 0.15) is 0 Å². The minimum absolute atomic E-state index is 0.0892. The first-order valence-corrected chi connectivity index (χ1v) is 7.30. The zero-order valence-corrected chi connectivity index (χ0v) is 11.4. The third kappa shape index (κ3) is 3.64. The van der Waals surface area contributed by atoms with Gasteiger partial charge in [-0.05, 0) is 50.1 Å². The van der Waals surface area contributed by atoms with Crippen molar-refractivity contribution in [1.82, 2.24) is 4.90 Å². The maximum Gasteiger partial charge on any atom is 0.248 e. The fourth-order valence-electron chi connectivity index (χ4n) is 3.49. The minimum Gasteiger partial charge on any atom is -0.330 e. The Kier molecular flexibility index (Phi) is 4.59. The van der Waals surface area contributed by atoms with Crippen LogP contribution in [0.2, 0.25) is 0 Å². The molecular weight excluding hydrogens is 234 g/mol. The van der Waals surface area contributed by atoms with Crippen LogP contribution in [-0.4, -0.2) is 37.0 Å². The first-order chi connectivity index (χ1) is 8.50. The van der Waals surface area contributed by atoms with Gasteiger partial charge in [-0.1, -0.05) is 6.92 Å². The van der Waals surface area contributed by atoms with Gasteiger partial charge < -0.3 is 10.6 Å². The molecule has 1 aliphatic carbocycles. The molecule has 0 bridgehead atoms. The Bertz CT molecular complexity index is 271. The molecule has 2 nitrogen and oxygen atoms in total. The average molecular weight is 260 g/mol. The average Bonchev–Trinajstić information content (AvgIpc) is 2.30. The van der Waals surface area contributed by atoms with Crippen LogP contribution in [0.5, 0.6) is 0 Å². The standard InChI is InChI=1S/C14H26F2N2/c1-11-4-6-18(10-13(11)8-17)9-12-3-2-5-14(15,16)7-12/h11-13H,2-10,17H2,1H3. The lowest BCUT2D eigenvalue weighted by atomic mass is 9.83. The molecule has 1 saturated heterocycles. The van der Waals surface area contributed by atoms with E-state index in [9.17, 15) is 8.78 Å². The lowest BCUT2D eigenvalue weighted by Gasteiger charge is -2.39. The molecular formula is C14H26F2N2. The van der Waals surface area contributed by atoms with Gasteiger partial charge in [-0.3, -0.25) is 0 Å². The molecule has 106 valence electrons. The maximum atomic E-state index is 13.4. The van der Waals surface area contributed by atoms with Gasteiger partial charge in [0.25, 0.3) is 0 Å². The summed E-state index contributed by atoms with van der Waals surface area (Å²) in [7, 11) is 0. The van der Waals surface area contributed by atoms with Gasteiger partial charge in [-0.2, -0.15) is 0 Å². The molecule has 2 rings (SSSR count). The molecule has 0 aromatic carbocycles. The van der Waals surface area contributed by atoms with E-state index in [1.807, 2.05) is 0 Å². The van der Waals surface area contributed by atoms with Crippen LogP contribution in [0.25, 0.3) is 0 Å². The van der Waals surface area contributed by atoms with Crippen molar-refractivity contribution in [3.05, 3.63) is 0 Å². The zero-order valence-electron chi connectivity index (χ0n) is 11.4. The molecule has 18 heavy (non-hydrogen) atoms. The number of likely N-dealkylation sites (tertiary alicyclic amines) is 1. The van der Waals surface area contributed by atoms with E-state index in [1.54, 1.807) is 0 Å². The second kappa shape index (κ2) is 5.83. The highest BCUT2D eigenvalue weighted by Crippen LogP contribution is 2.37. The van der Waals surface area contributed by atoms with Crippen LogP contribution in [0.15, 0.2) is 0 Å². The molecule has 2 aliphatic rings. The predicted octanol–water partition coefficient (Wildman–Crippen LogP) is 2.73. The van der Waals surface area contributed by atoms with E-state index in [1.165, 1.54) is 0 Å². The Morgan fingerprint density at radius 2 is 2.11 bits per heavy atom. The van der Waals surface area contributed by atoms with Crippen LogP contribution >= 0.6 is 0 Å². The number of hydrogen-bond acceptors (Lipinski definition) is 2. The summed E-state index contributed by atoms with van der Waals surface area (Å²) in [4.78, 5) is 2.36. The number of nitrogens with zero attached hydrogens (tertiary/aromatic N) is 1. The number of nitrogens with two attached hydrogens (primary N) is 1. The third-order valence-electron chi connectivity index (χ3n) is 4.76. The SMILES string of the molecule is CC1CCN(CC2CCCC(F)(F)C2)CC1CN. The van der Waals surface area contributed by atoms with E-state index in [4.69, 9.17) is 5.73 Å². The summed E-state index contributed by atoms with van der Waals surface area (Å²) in [6.07, 6.45) is 2.99. The zero-order chi connectivity index (χ0) is 13.2. The molecule has 2 fully saturated rings. The molecule has 1 saturated carbocycles. The fourth-order valence-corrected chi connectivity index (χ4v) is 3.49. The maximum absolute atomic E-state index is 13.4. The quantitative estimate of drug-likeness (QED) is 0.845. The van der Waals surface area contributed by atoms with Gasteiger partial charge in [0.2, 0.25) is 5.92 Å². The normalized spacial score (nSPS) is 37.7. The summed E-state index contributed by atoms with van der Waals surface area (Å²) >= 11 is 0. The van der Waals surface area contributed by atoms with Crippen molar-refractivity contribution in [2.75, 3.05) is 26.2 Å². The molecule has 2 N–H and O–H groups in total. The van der Waals surface area contributed by atoms with Gasteiger partial charge in [-0.25, -0.2) is 8.78 Å². The topological polar surface area (TPSA) is 29.3 Å². The van der Waals surface area contributed by atoms with Crippen molar-refractivity contribution in [2.45, 2.75) is 45.0 Å². The summed E-state index contributed by atoms with van der Waals surface area (Å²) in [6.45, 7) is 5.88. The summed E-state index contributed by atoms with van der Waals surface area (Å²) in [5, 5.41) is 0. The molecule has 0 amide bonds. The number of piperidine rings is 1. The van der Waals surface area contributed by atoms with Crippen molar-refractivity contribution in [3.63, 3.8) is 0 Å². The van der Waals surface area contributed by atoms with Gasteiger partial charge in [0, 0.05) is 25.9 Å². The van der Waals surface area contributed by atoms with Crippen LogP contribution in [0, 0.1) is 17.8 Å². The van der Waals surface area contributed by atoms with Gasteiger partial charge >= 0.3 is 0 Å². The molecule has 1 aliphatic heterocycles. The molecule has 0 aromatic rings. The summed E-state index contributed by atoms with van der Waals surface area (Å²) in [5.74, 6) is -1.01. The highest BCUT2D eigenvalue weighted by Gasteiger charge is 2.37. The van der Waals surface area contributed by atoms with Gasteiger partial charge in [0.05, 0.1) is 0 Å². The second-order valence-corrected chi connectivity index (χ2v) is 6.34. The number of rotatable bonds is 3. The van der Waals surface area contributed by atoms with Crippen LogP contribution in [-0.2, 0) is 0 Å². The van der Waals surface area contributed by atoms with Gasteiger partial charge in [-0.15, -0.1) is 0 Å². The summed E-state index contributed by atoms with van der Waals surface area (Å²) in [5.41, 5.74) is 5.79. The first kappa shape index (κ1) is 14.2. The van der Waals surface area contributed by atoms with Crippen molar-refractivity contribution in [2.24, 2.45) is 23.5 Å². The Hall–Kier alpha value is -0.220. The van der Waals surface area contributed by atoms with E-state index in [2.05, 4.69) is 11.8 Å². The minimum atomic E-state index is -2.42. The Balaban J connectivity index is 1.82.